The van der Waals surface area contributed by atoms with Gasteiger partial charge in [-0.15, -0.1) is 11.3 Å². The summed E-state index contributed by atoms with van der Waals surface area (Å²) in [5.41, 5.74) is 5.33. The lowest BCUT2D eigenvalue weighted by Gasteiger charge is -2.18. The van der Waals surface area contributed by atoms with Crippen molar-refractivity contribution < 1.29 is 4.79 Å². The Morgan fingerprint density at radius 1 is 1.39 bits per heavy atom. The van der Waals surface area contributed by atoms with E-state index in [4.69, 9.17) is 5.73 Å². The molecule has 96 valence electrons. The molecule has 1 saturated heterocycles. The minimum Gasteiger partial charge on any atom is -0.337 e. The SMILES string of the molecule is NCC#Cc1ccc(C(=O)N2CCCSCC2)s1. The number of carbonyl (C=O) groups excluding carboxylic acids is 1. The lowest BCUT2D eigenvalue weighted by Crippen LogP contribution is -2.32. The number of nitrogens with zero attached hydrogens (tertiary/aromatic N) is 1. The normalized spacial score (nSPS) is 15.7. The van der Waals surface area contributed by atoms with E-state index in [2.05, 4.69) is 11.8 Å². The molecule has 1 aliphatic heterocycles. The van der Waals surface area contributed by atoms with Crippen molar-refractivity contribution in [2.45, 2.75) is 6.42 Å². The first-order valence-corrected chi connectivity index (χ1v) is 7.94. The third-order valence-corrected chi connectivity index (χ3v) is 4.68. The number of thioether (sulfide) groups is 1. The Morgan fingerprint density at radius 2 is 2.28 bits per heavy atom. The summed E-state index contributed by atoms with van der Waals surface area (Å²) >= 11 is 3.38. The fourth-order valence-electron chi connectivity index (χ4n) is 1.76. The maximum atomic E-state index is 12.3. The first-order chi connectivity index (χ1) is 8.81. The van der Waals surface area contributed by atoms with Gasteiger partial charge in [0.2, 0.25) is 0 Å². The highest BCUT2D eigenvalue weighted by molar-refractivity contribution is 7.99. The lowest BCUT2D eigenvalue weighted by atomic mass is 10.3. The fourth-order valence-corrected chi connectivity index (χ4v) is 3.50. The Hall–Kier alpha value is -0.960. The Kier molecular flexibility index (Phi) is 5.12. The molecule has 0 aliphatic carbocycles. The van der Waals surface area contributed by atoms with Gasteiger partial charge in [0.25, 0.3) is 5.91 Å². The first-order valence-electron chi connectivity index (χ1n) is 5.97. The zero-order chi connectivity index (χ0) is 12.8. The molecular formula is C13H16N2OS2. The topological polar surface area (TPSA) is 46.3 Å². The molecule has 0 spiro atoms. The van der Waals surface area contributed by atoms with Gasteiger partial charge < -0.3 is 10.6 Å². The van der Waals surface area contributed by atoms with Crippen molar-refractivity contribution in [2.24, 2.45) is 5.73 Å². The van der Waals surface area contributed by atoms with Crippen molar-refractivity contribution in [3.05, 3.63) is 21.9 Å². The highest BCUT2D eigenvalue weighted by atomic mass is 32.2. The predicted molar refractivity (Wildman–Crippen MR) is 78.1 cm³/mol. The summed E-state index contributed by atoms with van der Waals surface area (Å²) in [7, 11) is 0. The van der Waals surface area contributed by atoms with E-state index in [1.165, 1.54) is 11.3 Å². The van der Waals surface area contributed by atoms with E-state index < -0.39 is 0 Å². The fraction of sp³-hybridized carbons (Fsp3) is 0.462. The van der Waals surface area contributed by atoms with Gasteiger partial charge in [-0.25, -0.2) is 0 Å². The van der Waals surface area contributed by atoms with Gasteiger partial charge in [-0.05, 0) is 24.3 Å². The molecular weight excluding hydrogens is 264 g/mol. The van der Waals surface area contributed by atoms with Gasteiger partial charge in [-0.1, -0.05) is 11.8 Å². The number of amides is 1. The molecule has 0 radical (unpaired) electrons. The Bertz CT molecular complexity index is 465. The smallest absolute Gasteiger partial charge is 0.263 e. The summed E-state index contributed by atoms with van der Waals surface area (Å²) in [4.78, 5) is 15.9. The van der Waals surface area contributed by atoms with Crippen molar-refractivity contribution in [3.63, 3.8) is 0 Å². The average Bonchev–Trinajstić information content (AvgIpc) is 2.69. The van der Waals surface area contributed by atoms with Crippen molar-refractivity contribution >= 4 is 29.0 Å². The van der Waals surface area contributed by atoms with E-state index in [-0.39, 0.29) is 5.91 Å². The Morgan fingerprint density at radius 3 is 3.11 bits per heavy atom. The highest BCUT2D eigenvalue weighted by Gasteiger charge is 2.18. The minimum atomic E-state index is 0.142. The number of carbonyl (C=O) groups is 1. The van der Waals surface area contributed by atoms with Crippen molar-refractivity contribution in [1.82, 2.24) is 4.90 Å². The van der Waals surface area contributed by atoms with Gasteiger partial charge in [0.05, 0.1) is 16.3 Å². The molecule has 1 aromatic heterocycles. The highest BCUT2D eigenvalue weighted by Crippen LogP contribution is 2.19. The van der Waals surface area contributed by atoms with Crippen LogP contribution in [0, 0.1) is 11.8 Å². The molecule has 18 heavy (non-hydrogen) atoms. The molecule has 0 unspecified atom stereocenters. The third kappa shape index (κ3) is 3.52. The predicted octanol–water partition coefficient (Wildman–Crippen LogP) is 1.64. The second-order valence-corrected chi connectivity index (χ2v) is 6.24. The summed E-state index contributed by atoms with van der Waals surface area (Å²) < 4.78 is 0. The van der Waals surface area contributed by atoms with E-state index in [0.29, 0.717) is 6.54 Å². The summed E-state index contributed by atoms with van der Waals surface area (Å²) in [6.45, 7) is 2.07. The van der Waals surface area contributed by atoms with Gasteiger partial charge in [0, 0.05) is 18.8 Å². The van der Waals surface area contributed by atoms with Gasteiger partial charge in [-0.2, -0.15) is 11.8 Å². The second kappa shape index (κ2) is 6.83. The maximum Gasteiger partial charge on any atom is 0.263 e. The van der Waals surface area contributed by atoms with Crippen LogP contribution in [0.25, 0.3) is 0 Å². The molecule has 0 aromatic carbocycles. The zero-order valence-corrected chi connectivity index (χ0v) is 11.8. The van der Waals surface area contributed by atoms with E-state index in [1.807, 2.05) is 28.8 Å². The maximum absolute atomic E-state index is 12.3. The summed E-state index contributed by atoms with van der Waals surface area (Å²) in [6, 6.07) is 3.76. The summed E-state index contributed by atoms with van der Waals surface area (Å²) in [5.74, 6) is 8.10. The standard InChI is InChI=1S/C13H16N2OS2/c14-6-1-3-11-4-5-12(18-11)13(16)15-7-2-9-17-10-8-15/h4-5H,2,6-10,14H2. The molecule has 1 amide bonds. The van der Waals surface area contributed by atoms with Crippen LogP contribution in [0.1, 0.15) is 21.0 Å². The molecule has 2 heterocycles. The van der Waals surface area contributed by atoms with E-state index in [1.54, 1.807) is 0 Å². The lowest BCUT2D eigenvalue weighted by molar-refractivity contribution is 0.0773. The van der Waals surface area contributed by atoms with Gasteiger partial charge in [0.15, 0.2) is 0 Å². The summed E-state index contributed by atoms with van der Waals surface area (Å²) in [6.07, 6.45) is 1.08. The number of thiophene rings is 1. The van der Waals surface area contributed by atoms with E-state index in [9.17, 15) is 4.79 Å². The molecule has 3 nitrogen and oxygen atoms in total. The average molecular weight is 280 g/mol. The van der Waals surface area contributed by atoms with Crippen molar-refractivity contribution in [3.8, 4) is 11.8 Å². The number of rotatable bonds is 1. The van der Waals surface area contributed by atoms with Crippen LogP contribution >= 0.6 is 23.1 Å². The molecule has 2 rings (SSSR count). The van der Waals surface area contributed by atoms with E-state index in [0.717, 1.165) is 40.8 Å². The quantitative estimate of drug-likeness (QED) is 0.796. The largest absolute Gasteiger partial charge is 0.337 e. The number of hydrogen-bond donors (Lipinski definition) is 1. The van der Waals surface area contributed by atoms with Crippen LogP contribution in [0.15, 0.2) is 12.1 Å². The van der Waals surface area contributed by atoms with Crippen LogP contribution in [-0.2, 0) is 0 Å². The molecule has 1 aliphatic rings. The first kappa shape index (κ1) is 13.5. The van der Waals surface area contributed by atoms with Crippen molar-refractivity contribution in [1.29, 1.82) is 0 Å². The third-order valence-electron chi connectivity index (χ3n) is 2.64. The number of hydrogen-bond acceptors (Lipinski definition) is 4. The van der Waals surface area contributed by atoms with Gasteiger partial charge in [0.1, 0.15) is 0 Å². The summed E-state index contributed by atoms with van der Waals surface area (Å²) in [5, 5.41) is 0. The molecule has 0 bridgehead atoms. The number of nitrogens with two attached hydrogens (primary N) is 1. The van der Waals surface area contributed by atoms with Crippen LogP contribution in [0.4, 0.5) is 0 Å². The Labute approximate surface area is 116 Å². The van der Waals surface area contributed by atoms with Crippen LogP contribution < -0.4 is 5.73 Å². The minimum absolute atomic E-state index is 0.142. The molecule has 1 aromatic rings. The van der Waals surface area contributed by atoms with Gasteiger partial charge in [-0.3, -0.25) is 4.79 Å². The van der Waals surface area contributed by atoms with E-state index >= 15 is 0 Å². The van der Waals surface area contributed by atoms with Gasteiger partial charge >= 0.3 is 0 Å². The van der Waals surface area contributed by atoms with Crippen LogP contribution in [-0.4, -0.2) is 41.9 Å². The monoisotopic (exact) mass is 280 g/mol. The van der Waals surface area contributed by atoms with Crippen LogP contribution in [0.2, 0.25) is 0 Å². The second-order valence-electron chi connectivity index (χ2n) is 3.93. The molecule has 0 saturated carbocycles. The van der Waals surface area contributed by atoms with Crippen LogP contribution in [0.5, 0.6) is 0 Å². The van der Waals surface area contributed by atoms with Crippen molar-refractivity contribution in [2.75, 3.05) is 31.1 Å². The molecule has 0 atom stereocenters. The molecule has 5 heteroatoms. The zero-order valence-electron chi connectivity index (χ0n) is 10.1. The molecule has 2 N–H and O–H groups in total. The van der Waals surface area contributed by atoms with Crippen LogP contribution in [0.3, 0.4) is 0 Å². The Balaban J connectivity index is 2.05. The molecule has 1 fully saturated rings.